The second-order valence-electron chi connectivity index (χ2n) is 12.5. The van der Waals surface area contributed by atoms with E-state index in [9.17, 15) is 23.6 Å². The summed E-state index contributed by atoms with van der Waals surface area (Å²) in [6.45, 7) is 7.55. The number of nitrogens with zero attached hydrogens (tertiary/aromatic N) is 4. The minimum absolute atomic E-state index is 0.0556. The van der Waals surface area contributed by atoms with Gasteiger partial charge in [0.25, 0.3) is 5.91 Å². The predicted molar refractivity (Wildman–Crippen MR) is 170 cm³/mol. The van der Waals surface area contributed by atoms with E-state index in [0.29, 0.717) is 30.9 Å². The van der Waals surface area contributed by atoms with Crippen LogP contribution in [0.4, 0.5) is 10.1 Å². The van der Waals surface area contributed by atoms with Gasteiger partial charge in [0.2, 0.25) is 17.7 Å². The van der Waals surface area contributed by atoms with Crippen molar-refractivity contribution in [3.63, 3.8) is 0 Å². The molecule has 3 N–H and O–H groups in total. The van der Waals surface area contributed by atoms with Gasteiger partial charge < -0.3 is 25.8 Å². The molecule has 2 atom stereocenters. The Hall–Kier alpha value is -3.80. The molecule has 246 valence electrons. The van der Waals surface area contributed by atoms with Crippen molar-refractivity contribution in [2.24, 2.45) is 11.8 Å². The third-order valence-electron chi connectivity index (χ3n) is 8.69. The molecule has 1 saturated heterocycles. The molecule has 4 amide bonds. The summed E-state index contributed by atoms with van der Waals surface area (Å²) in [6.07, 6.45) is 9.62. The number of nitrogens with one attached hydrogen (secondary N) is 3. The van der Waals surface area contributed by atoms with E-state index < -0.39 is 23.7 Å². The van der Waals surface area contributed by atoms with Crippen LogP contribution in [0.25, 0.3) is 0 Å². The fraction of sp³-hybridized carbons (Fsp3) is 0.606. The van der Waals surface area contributed by atoms with E-state index in [0.717, 1.165) is 6.54 Å². The lowest BCUT2D eigenvalue weighted by Gasteiger charge is -2.39. The molecule has 0 bridgehead atoms. The standard InChI is InChI=1S/C26H36FN7O4.C7H12/c1-5-23(35)31-21(26(38)33-12-11-32(4)17(3)16-33)14-18-7-8-20(19(27)13-18)30-24(36)15-28-25(37)22-9-10-29-34(22)6-2;1-2-6(1)5-7-3-4-7/h7-10,13,17,21H,5-6,11-12,14-16H2,1-4H3,(H,28,37)(H,30,36)(H,31,35);6-7H,1-5H2. The van der Waals surface area contributed by atoms with Crippen molar-refractivity contribution in [2.75, 3.05) is 38.5 Å². The summed E-state index contributed by atoms with van der Waals surface area (Å²) in [7, 11) is 2.00. The average Bonchev–Trinajstić information content (AvgIpc) is 3.97. The highest BCUT2D eigenvalue weighted by Crippen LogP contribution is 2.43. The van der Waals surface area contributed by atoms with Crippen LogP contribution in [0.3, 0.4) is 0 Å². The highest BCUT2D eigenvalue weighted by molar-refractivity contribution is 5.98. The van der Waals surface area contributed by atoms with Gasteiger partial charge in [-0.1, -0.05) is 38.7 Å². The van der Waals surface area contributed by atoms with Crippen LogP contribution in [-0.2, 0) is 27.3 Å². The summed E-state index contributed by atoms with van der Waals surface area (Å²) < 4.78 is 16.4. The van der Waals surface area contributed by atoms with Gasteiger partial charge in [0.05, 0.1) is 12.2 Å². The Morgan fingerprint density at radius 1 is 1.02 bits per heavy atom. The van der Waals surface area contributed by atoms with Crippen molar-refractivity contribution < 1.29 is 23.6 Å². The van der Waals surface area contributed by atoms with Crippen LogP contribution in [0, 0.1) is 17.7 Å². The van der Waals surface area contributed by atoms with E-state index in [2.05, 4.69) is 25.9 Å². The lowest BCUT2D eigenvalue weighted by Crippen LogP contribution is -2.57. The average molecular weight is 626 g/mol. The number of likely N-dealkylation sites (N-methyl/N-ethyl adjacent to an activating group) is 1. The van der Waals surface area contributed by atoms with Crippen LogP contribution >= 0.6 is 0 Å². The van der Waals surface area contributed by atoms with E-state index in [-0.39, 0.29) is 42.9 Å². The summed E-state index contributed by atoms with van der Waals surface area (Å²) in [5.74, 6) is 0.158. The van der Waals surface area contributed by atoms with Crippen LogP contribution < -0.4 is 16.0 Å². The number of aryl methyl sites for hydroxylation is 1. The van der Waals surface area contributed by atoms with Gasteiger partial charge in [-0.3, -0.25) is 23.9 Å². The van der Waals surface area contributed by atoms with Gasteiger partial charge in [-0.05, 0) is 62.9 Å². The number of amides is 4. The highest BCUT2D eigenvalue weighted by Gasteiger charge is 2.31. The van der Waals surface area contributed by atoms with E-state index >= 15 is 0 Å². The number of aromatic nitrogens is 2. The molecule has 1 aromatic carbocycles. The number of hydrogen-bond acceptors (Lipinski definition) is 6. The number of rotatable bonds is 12. The molecule has 1 aliphatic heterocycles. The first-order valence-corrected chi connectivity index (χ1v) is 16.2. The molecule has 3 fully saturated rings. The van der Waals surface area contributed by atoms with Gasteiger partial charge in [-0.15, -0.1) is 0 Å². The smallest absolute Gasteiger partial charge is 0.269 e. The molecule has 2 saturated carbocycles. The first-order chi connectivity index (χ1) is 21.6. The molecule has 5 rings (SSSR count). The lowest BCUT2D eigenvalue weighted by atomic mass is 10.0. The third-order valence-corrected chi connectivity index (χ3v) is 8.69. The van der Waals surface area contributed by atoms with Crippen LogP contribution in [0.15, 0.2) is 30.5 Å². The zero-order valence-electron chi connectivity index (χ0n) is 27.0. The Balaban J connectivity index is 0.000000569. The fourth-order valence-corrected chi connectivity index (χ4v) is 5.39. The van der Waals surface area contributed by atoms with Gasteiger partial charge in [0.15, 0.2) is 0 Å². The molecule has 3 aliphatic rings. The summed E-state index contributed by atoms with van der Waals surface area (Å²) >= 11 is 0. The molecule has 0 radical (unpaired) electrons. The third kappa shape index (κ3) is 10.4. The minimum Gasteiger partial charge on any atom is -0.344 e. The van der Waals surface area contributed by atoms with Gasteiger partial charge in [0, 0.05) is 51.3 Å². The number of benzene rings is 1. The van der Waals surface area contributed by atoms with Gasteiger partial charge >= 0.3 is 0 Å². The number of carbonyl (C=O) groups excluding carboxylic acids is 4. The molecular formula is C33H48FN7O4. The normalized spacial score (nSPS) is 18.8. The largest absolute Gasteiger partial charge is 0.344 e. The maximum Gasteiger partial charge on any atom is 0.269 e. The number of anilines is 1. The summed E-state index contributed by atoms with van der Waals surface area (Å²) in [6, 6.07) is 5.14. The molecule has 2 heterocycles. The Bertz CT molecular complexity index is 1330. The molecule has 0 spiro atoms. The minimum atomic E-state index is -0.829. The molecule has 12 heteroatoms. The molecule has 2 unspecified atom stereocenters. The highest BCUT2D eigenvalue weighted by atomic mass is 19.1. The topological polar surface area (TPSA) is 129 Å². The molecule has 11 nitrogen and oxygen atoms in total. The van der Waals surface area contributed by atoms with Crippen LogP contribution in [0.1, 0.15) is 75.3 Å². The Kier molecular flexibility index (Phi) is 12.1. The van der Waals surface area contributed by atoms with Crippen molar-refractivity contribution >= 4 is 29.3 Å². The number of halogens is 1. The molecule has 2 aromatic rings. The Morgan fingerprint density at radius 2 is 1.73 bits per heavy atom. The van der Waals surface area contributed by atoms with Crippen molar-refractivity contribution in [1.82, 2.24) is 30.2 Å². The first kappa shape index (κ1) is 34.1. The lowest BCUT2D eigenvalue weighted by molar-refractivity contribution is -0.138. The van der Waals surface area contributed by atoms with Gasteiger partial charge in [-0.2, -0.15) is 5.10 Å². The number of hydrogen-bond donors (Lipinski definition) is 3. The zero-order valence-corrected chi connectivity index (χ0v) is 27.0. The van der Waals surface area contributed by atoms with Crippen molar-refractivity contribution in [1.29, 1.82) is 0 Å². The quantitative estimate of drug-likeness (QED) is 0.333. The van der Waals surface area contributed by atoms with E-state index in [1.165, 1.54) is 34.8 Å². The second kappa shape index (κ2) is 16.0. The van der Waals surface area contributed by atoms with Crippen molar-refractivity contribution in [2.45, 2.75) is 84.3 Å². The fourth-order valence-electron chi connectivity index (χ4n) is 5.39. The molecular weight excluding hydrogens is 577 g/mol. The SMILES string of the molecule is C1CC1CC1CC1.CCC(=O)NC(Cc1ccc(NC(=O)CNC(=O)c2ccnn2CC)c(F)c1)C(=O)N1CCN(C)C(C)C1. The van der Waals surface area contributed by atoms with Crippen LogP contribution in [-0.4, -0.2) is 88.5 Å². The predicted octanol–water partition coefficient (Wildman–Crippen LogP) is 3.21. The molecule has 2 aliphatic carbocycles. The van der Waals surface area contributed by atoms with Crippen LogP contribution in [0.5, 0.6) is 0 Å². The summed E-state index contributed by atoms with van der Waals surface area (Å²) in [5.41, 5.74) is 0.764. The monoisotopic (exact) mass is 625 g/mol. The molecule has 45 heavy (non-hydrogen) atoms. The van der Waals surface area contributed by atoms with E-state index in [1.807, 2.05) is 20.9 Å². The van der Waals surface area contributed by atoms with Crippen LogP contribution in [0.2, 0.25) is 0 Å². The first-order valence-electron chi connectivity index (χ1n) is 16.2. The number of piperazine rings is 1. The Labute approximate surface area is 265 Å². The maximum atomic E-state index is 14.9. The van der Waals surface area contributed by atoms with Gasteiger partial charge in [0.1, 0.15) is 17.6 Å². The van der Waals surface area contributed by atoms with E-state index in [1.54, 1.807) is 56.1 Å². The maximum absolute atomic E-state index is 14.9. The van der Waals surface area contributed by atoms with E-state index in [4.69, 9.17) is 0 Å². The molecule has 1 aromatic heterocycles. The summed E-state index contributed by atoms with van der Waals surface area (Å²) in [4.78, 5) is 53.9. The van der Waals surface area contributed by atoms with Gasteiger partial charge in [-0.25, -0.2) is 4.39 Å². The Morgan fingerprint density at radius 3 is 2.33 bits per heavy atom. The second-order valence-corrected chi connectivity index (χ2v) is 12.5. The van der Waals surface area contributed by atoms with Crippen molar-refractivity contribution in [3.8, 4) is 0 Å². The number of carbonyl (C=O) groups is 4. The zero-order chi connectivity index (χ0) is 32.5. The summed E-state index contributed by atoms with van der Waals surface area (Å²) in [5, 5.41) is 11.7. The van der Waals surface area contributed by atoms with Crippen molar-refractivity contribution in [3.05, 3.63) is 47.5 Å².